The van der Waals surface area contributed by atoms with Crippen LogP contribution in [0.4, 0.5) is 0 Å². The third-order valence-electron chi connectivity index (χ3n) is 6.31. The lowest BCUT2D eigenvalue weighted by molar-refractivity contribution is -0.142. The third kappa shape index (κ3) is 5.71. The highest BCUT2D eigenvalue weighted by Gasteiger charge is 2.36. The highest BCUT2D eigenvalue weighted by molar-refractivity contribution is 5.93. The normalized spacial score (nSPS) is 17.0. The summed E-state index contributed by atoms with van der Waals surface area (Å²) in [6, 6.07) is 4.74. The molecule has 0 saturated carbocycles. The lowest BCUT2D eigenvalue weighted by Gasteiger charge is -2.26. The van der Waals surface area contributed by atoms with Crippen molar-refractivity contribution in [2.24, 2.45) is 5.73 Å². The monoisotopic (exact) mass is 495 g/mol. The Morgan fingerprint density at radius 1 is 1.19 bits per heavy atom. The number of aliphatic carboxylic acids is 1. The number of carbonyl (C=O) groups excluding carboxylic acids is 3. The van der Waals surface area contributed by atoms with Crippen molar-refractivity contribution < 1.29 is 24.3 Å². The van der Waals surface area contributed by atoms with Crippen LogP contribution in [0.25, 0.3) is 10.9 Å². The van der Waals surface area contributed by atoms with Gasteiger partial charge in [-0.15, -0.1) is 0 Å². The van der Waals surface area contributed by atoms with Crippen molar-refractivity contribution in [3.63, 3.8) is 0 Å². The van der Waals surface area contributed by atoms with Crippen molar-refractivity contribution >= 4 is 34.6 Å². The number of hydrogen-bond donors (Lipinski definition) is 6. The minimum absolute atomic E-state index is 0.0815. The van der Waals surface area contributed by atoms with Gasteiger partial charge in [-0.05, 0) is 24.5 Å². The van der Waals surface area contributed by atoms with Gasteiger partial charge in [0.1, 0.15) is 12.1 Å². The van der Waals surface area contributed by atoms with E-state index in [1.165, 1.54) is 11.2 Å². The Morgan fingerprint density at radius 3 is 2.75 bits per heavy atom. The third-order valence-corrected chi connectivity index (χ3v) is 6.31. The Kier molecular flexibility index (Phi) is 7.64. The van der Waals surface area contributed by atoms with Gasteiger partial charge < -0.3 is 36.3 Å². The van der Waals surface area contributed by atoms with E-state index in [2.05, 4.69) is 25.6 Å². The van der Waals surface area contributed by atoms with Crippen LogP contribution in [0.15, 0.2) is 43.0 Å². The molecule has 3 aromatic rings. The van der Waals surface area contributed by atoms with Gasteiger partial charge >= 0.3 is 5.97 Å². The second kappa shape index (κ2) is 11.0. The van der Waals surface area contributed by atoms with Crippen LogP contribution in [0.1, 0.15) is 24.1 Å². The highest BCUT2D eigenvalue weighted by Crippen LogP contribution is 2.20. The predicted octanol–water partition coefficient (Wildman–Crippen LogP) is -0.320. The number of fused-ring (bicyclic) bond motifs is 1. The van der Waals surface area contributed by atoms with Crippen molar-refractivity contribution in [2.45, 2.75) is 43.8 Å². The number of likely N-dealkylation sites (tertiary alicyclic amines) is 1. The van der Waals surface area contributed by atoms with E-state index in [9.17, 15) is 24.3 Å². The second-order valence-corrected chi connectivity index (χ2v) is 8.82. The zero-order valence-corrected chi connectivity index (χ0v) is 19.6. The van der Waals surface area contributed by atoms with Crippen LogP contribution in [-0.2, 0) is 32.0 Å². The van der Waals surface area contributed by atoms with Crippen molar-refractivity contribution in [1.82, 2.24) is 30.5 Å². The van der Waals surface area contributed by atoms with Crippen LogP contribution in [0, 0.1) is 0 Å². The number of para-hydroxylation sites is 1. The molecule has 3 unspecified atom stereocenters. The van der Waals surface area contributed by atoms with Crippen molar-refractivity contribution in [3.05, 3.63) is 54.2 Å². The molecule has 2 aromatic heterocycles. The SMILES string of the molecule is NC(Cc1cnc[nH]1)C(=O)N1CCCC1C(=O)NCC(=O)NC(Cc1c[nH]c2ccccc12)C(=O)O. The van der Waals surface area contributed by atoms with Crippen molar-refractivity contribution in [1.29, 1.82) is 0 Å². The zero-order valence-electron chi connectivity index (χ0n) is 19.6. The maximum absolute atomic E-state index is 12.8. The number of nitrogens with two attached hydrogens (primary N) is 1. The number of nitrogens with zero attached hydrogens (tertiary/aromatic N) is 2. The van der Waals surface area contributed by atoms with Crippen molar-refractivity contribution in [3.8, 4) is 0 Å². The van der Waals surface area contributed by atoms with Crippen LogP contribution in [0.2, 0.25) is 0 Å². The van der Waals surface area contributed by atoms with E-state index in [0.29, 0.717) is 25.1 Å². The summed E-state index contributed by atoms with van der Waals surface area (Å²) in [4.78, 5) is 61.1. The van der Waals surface area contributed by atoms with Crippen LogP contribution < -0.4 is 16.4 Å². The maximum atomic E-state index is 12.8. The topological polar surface area (TPSA) is 186 Å². The Labute approximate surface area is 206 Å². The molecule has 3 atom stereocenters. The number of H-pyrrole nitrogens is 2. The number of aromatic amines is 2. The van der Waals surface area contributed by atoms with E-state index in [4.69, 9.17) is 5.73 Å². The summed E-state index contributed by atoms with van der Waals surface area (Å²) in [6.07, 6.45) is 6.24. The molecule has 1 aliphatic heterocycles. The van der Waals surface area contributed by atoms with Gasteiger partial charge in [0.15, 0.2) is 0 Å². The molecule has 4 rings (SSSR count). The lowest BCUT2D eigenvalue weighted by Crippen LogP contribution is -2.53. The predicted molar refractivity (Wildman–Crippen MR) is 130 cm³/mol. The van der Waals surface area contributed by atoms with Gasteiger partial charge in [-0.25, -0.2) is 9.78 Å². The van der Waals surface area contributed by atoms with Gasteiger partial charge in [0.05, 0.1) is 18.9 Å². The van der Waals surface area contributed by atoms with E-state index in [-0.39, 0.29) is 18.7 Å². The minimum Gasteiger partial charge on any atom is -0.480 e. The largest absolute Gasteiger partial charge is 0.480 e. The number of imidazole rings is 1. The summed E-state index contributed by atoms with van der Waals surface area (Å²) in [5, 5.41) is 15.5. The van der Waals surface area contributed by atoms with Gasteiger partial charge in [0.2, 0.25) is 17.7 Å². The standard InChI is InChI=1S/C24H29N7O5/c25-17(9-15-11-26-13-29-15)23(34)31-7-3-6-20(31)22(33)28-12-21(32)30-19(24(35)36)8-14-10-27-18-5-2-1-4-16(14)18/h1-2,4-5,10-11,13,17,19-20,27H,3,6-9,12,25H2,(H,26,29)(H,28,33)(H,30,32)(H,35,36). The number of carbonyl (C=O) groups is 4. The Morgan fingerprint density at radius 2 is 2.00 bits per heavy atom. The molecule has 1 aromatic carbocycles. The number of nitrogens with one attached hydrogen (secondary N) is 4. The molecule has 1 fully saturated rings. The van der Waals surface area contributed by atoms with Gasteiger partial charge in [-0.3, -0.25) is 14.4 Å². The second-order valence-electron chi connectivity index (χ2n) is 8.82. The summed E-state index contributed by atoms with van der Waals surface area (Å²) in [5.41, 5.74) is 8.40. The summed E-state index contributed by atoms with van der Waals surface area (Å²) in [7, 11) is 0. The molecule has 0 spiro atoms. The molecule has 0 radical (unpaired) electrons. The summed E-state index contributed by atoms with van der Waals surface area (Å²) in [6.45, 7) is -0.0132. The molecule has 190 valence electrons. The molecule has 1 aliphatic rings. The first-order valence-corrected chi connectivity index (χ1v) is 11.7. The first kappa shape index (κ1) is 24.9. The maximum Gasteiger partial charge on any atom is 0.326 e. The first-order valence-electron chi connectivity index (χ1n) is 11.7. The molecule has 12 heteroatoms. The molecule has 0 bridgehead atoms. The smallest absolute Gasteiger partial charge is 0.326 e. The molecule has 12 nitrogen and oxygen atoms in total. The number of amides is 3. The molecule has 3 amide bonds. The summed E-state index contributed by atoms with van der Waals surface area (Å²) in [5.74, 6) is -2.65. The molecule has 1 saturated heterocycles. The van der Waals surface area contributed by atoms with E-state index in [1.54, 1.807) is 12.4 Å². The molecular formula is C24H29N7O5. The van der Waals surface area contributed by atoms with Gasteiger partial charge in [0.25, 0.3) is 0 Å². The minimum atomic E-state index is -1.18. The number of hydrogen-bond acceptors (Lipinski definition) is 6. The van der Waals surface area contributed by atoms with Crippen molar-refractivity contribution in [2.75, 3.05) is 13.1 Å². The number of carboxylic acids is 1. The van der Waals surface area contributed by atoms with E-state index in [0.717, 1.165) is 16.5 Å². The molecule has 36 heavy (non-hydrogen) atoms. The quantitative estimate of drug-likeness (QED) is 0.222. The fourth-order valence-electron chi connectivity index (χ4n) is 4.49. The number of aromatic nitrogens is 3. The molecule has 3 heterocycles. The number of benzene rings is 1. The van der Waals surface area contributed by atoms with Gasteiger partial charge in [-0.1, -0.05) is 18.2 Å². The first-order chi connectivity index (χ1) is 17.3. The highest BCUT2D eigenvalue weighted by atomic mass is 16.4. The molecular weight excluding hydrogens is 466 g/mol. The fraction of sp³-hybridized carbons (Fsp3) is 0.375. The van der Waals surface area contributed by atoms with Crippen LogP contribution in [-0.4, -0.2) is 79.9 Å². The number of rotatable bonds is 10. The van der Waals surface area contributed by atoms with E-state index in [1.807, 2.05) is 24.3 Å². The van der Waals surface area contributed by atoms with Crippen LogP contribution in [0.5, 0.6) is 0 Å². The fourth-order valence-corrected chi connectivity index (χ4v) is 4.49. The van der Waals surface area contributed by atoms with Crippen LogP contribution in [0.3, 0.4) is 0 Å². The summed E-state index contributed by atoms with van der Waals surface area (Å²) >= 11 is 0. The van der Waals surface area contributed by atoms with Crippen LogP contribution >= 0.6 is 0 Å². The molecule has 7 N–H and O–H groups in total. The Balaban J connectivity index is 1.30. The van der Waals surface area contributed by atoms with E-state index >= 15 is 0 Å². The van der Waals surface area contributed by atoms with Gasteiger partial charge in [0, 0.05) is 48.4 Å². The van der Waals surface area contributed by atoms with E-state index < -0.39 is 42.5 Å². The summed E-state index contributed by atoms with van der Waals surface area (Å²) < 4.78 is 0. The number of carboxylic acid groups (broad SMARTS) is 1. The average Bonchev–Trinajstić information content (AvgIpc) is 3.63. The average molecular weight is 496 g/mol. The molecule has 0 aliphatic carbocycles. The van der Waals surface area contributed by atoms with Gasteiger partial charge in [-0.2, -0.15) is 0 Å². The lowest BCUT2D eigenvalue weighted by atomic mass is 10.0. The Hall–Kier alpha value is -4.19. The Bertz CT molecular complexity index is 1240. The zero-order chi connectivity index (χ0) is 25.7.